The number of aromatic nitrogens is 2. The van der Waals surface area contributed by atoms with Crippen LogP contribution in [0.1, 0.15) is 80.1 Å². The Labute approximate surface area is 153 Å². The lowest BCUT2D eigenvalue weighted by Gasteiger charge is -2.35. The molecule has 1 aromatic heterocycles. The van der Waals surface area contributed by atoms with Crippen LogP contribution in [0, 0.1) is 0 Å². The Bertz CT molecular complexity index is 703. The van der Waals surface area contributed by atoms with E-state index in [0.29, 0.717) is 5.56 Å². The zero-order valence-electron chi connectivity index (χ0n) is 14.8. The van der Waals surface area contributed by atoms with Crippen LogP contribution in [0.2, 0.25) is 0 Å². The number of carboxylic acids is 1. The van der Waals surface area contributed by atoms with Crippen LogP contribution in [0.25, 0.3) is 10.6 Å². The highest BCUT2D eigenvalue weighted by molar-refractivity contribution is 7.14. The van der Waals surface area contributed by atoms with Gasteiger partial charge in [-0.15, -0.1) is 10.2 Å². The predicted molar refractivity (Wildman–Crippen MR) is 101 cm³/mol. The summed E-state index contributed by atoms with van der Waals surface area (Å²) < 4.78 is 0. The number of aromatic carboxylic acids is 1. The minimum Gasteiger partial charge on any atom is -0.478 e. The van der Waals surface area contributed by atoms with Gasteiger partial charge in [-0.25, -0.2) is 4.79 Å². The van der Waals surface area contributed by atoms with Gasteiger partial charge >= 0.3 is 5.97 Å². The Kier molecular flexibility index (Phi) is 5.84. The molecular weight excluding hydrogens is 332 g/mol. The fourth-order valence-corrected chi connectivity index (χ4v) is 4.95. The normalized spacial score (nSPS) is 16.7. The fraction of sp³-hybridized carbons (Fsp3) is 0.550. The molecule has 1 saturated carbocycles. The molecule has 0 saturated heterocycles. The van der Waals surface area contributed by atoms with E-state index in [1.807, 2.05) is 12.1 Å². The first kappa shape index (κ1) is 18.1. The maximum atomic E-state index is 11.0. The number of hydrogen-bond donors (Lipinski definition) is 1. The summed E-state index contributed by atoms with van der Waals surface area (Å²) in [5, 5.41) is 20.1. The van der Waals surface area contributed by atoms with Gasteiger partial charge in [-0.1, -0.05) is 68.9 Å². The molecule has 5 heteroatoms. The highest BCUT2D eigenvalue weighted by Gasteiger charge is 2.36. The van der Waals surface area contributed by atoms with Crippen LogP contribution >= 0.6 is 11.3 Å². The predicted octanol–water partition coefficient (Wildman–Crippen LogP) is 5.69. The molecule has 1 heterocycles. The molecule has 2 aromatic rings. The molecule has 0 amide bonds. The summed E-state index contributed by atoms with van der Waals surface area (Å²) in [6.07, 6.45) is 11.4. The first-order valence-electron chi connectivity index (χ1n) is 9.32. The molecule has 25 heavy (non-hydrogen) atoms. The molecule has 134 valence electrons. The van der Waals surface area contributed by atoms with Gasteiger partial charge in [-0.3, -0.25) is 0 Å². The Morgan fingerprint density at radius 2 is 1.84 bits per heavy atom. The third-order valence-electron chi connectivity index (χ3n) is 5.33. The zero-order valence-corrected chi connectivity index (χ0v) is 15.6. The largest absolute Gasteiger partial charge is 0.478 e. The number of unbranched alkanes of at least 4 members (excludes halogenated alkanes) is 2. The van der Waals surface area contributed by atoms with Crippen molar-refractivity contribution in [2.75, 3.05) is 0 Å². The molecule has 1 fully saturated rings. The second-order valence-electron chi connectivity index (χ2n) is 7.09. The highest BCUT2D eigenvalue weighted by Crippen LogP contribution is 2.45. The quantitative estimate of drug-likeness (QED) is 0.646. The van der Waals surface area contributed by atoms with E-state index >= 15 is 0 Å². The third kappa shape index (κ3) is 4.09. The molecule has 0 aliphatic heterocycles. The van der Waals surface area contributed by atoms with Crippen molar-refractivity contribution in [3.05, 3.63) is 34.8 Å². The smallest absolute Gasteiger partial charge is 0.335 e. The molecule has 1 aliphatic carbocycles. The van der Waals surface area contributed by atoms with E-state index in [2.05, 4.69) is 17.1 Å². The van der Waals surface area contributed by atoms with Crippen molar-refractivity contribution in [3.63, 3.8) is 0 Å². The summed E-state index contributed by atoms with van der Waals surface area (Å²) in [6.45, 7) is 2.25. The molecule has 1 aromatic carbocycles. The van der Waals surface area contributed by atoms with Gasteiger partial charge in [0.05, 0.1) is 5.56 Å². The van der Waals surface area contributed by atoms with Gasteiger partial charge in [0.2, 0.25) is 0 Å². The molecule has 0 unspecified atom stereocenters. The number of benzene rings is 1. The molecule has 0 bridgehead atoms. The minimum atomic E-state index is -0.901. The van der Waals surface area contributed by atoms with Crippen molar-refractivity contribution >= 4 is 17.3 Å². The Morgan fingerprint density at radius 3 is 2.48 bits per heavy atom. The van der Waals surface area contributed by atoms with E-state index in [9.17, 15) is 4.79 Å². The maximum Gasteiger partial charge on any atom is 0.335 e. The van der Waals surface area contributed by atoms with Crippen LogP contribution in [0.3, 0.4) is 0 Å². The molecule has 0 spiro atoms. The summed E-state index contributed by atoms with van der Waals surface area (Å²) in [6, 6.07) is 6.93. The van der Waals surface area contributed by atoms with E-state index < -0.39 is 5.97 Å². The van der Waals surface area contributed by atoms with Crippen molar-refractivity contribution < 1.29 is 9.90 Å². The van der Waals surface area contributed by atoms with E-state index in [0.717, 1.165) is 10.6 Å². The molecule has 3 rings (SSSR count). The standard InChI is InChI=1S/C20H26N2O2S/c1-2-3-5-12-20(13-6-4-7-14-20)19-22-21-17(25-19)15-8-10-16(11-9-15)18(23)24/h8-11H,2-7,12-14H2,1H3,(H,23,24). The zero-order chi connectivity index (χ0) is 17.7. The monoisotopic (exact) mass is 358 g/mol. The van der Waals surface area contributed by atoms with Crippen LogP contribution < -0.4 is 0 Å². The van der Waals surface area contributed by atoms with Crippen molar-refractivity contribution in [1.82, 2.24) is 10.2 Å². The highest BCUT2D eigenvalue weighted by atomic mass is 32.1. The second kappa shape index (κ2) is 8.09. The fourth-order valence-electron chi connectivity index (χ4n) is 3.82. The molecule has 0 atom stereocenters. The Hall–Kier alpha value is -1.75. The van der Waals surface area contributed by atoms with E-state index in [-0.39, 0.29) is 5.41 Å². The van der Waals surface area contributed by atoms with Crippen LogP contribution in [0.5, 0.6) is 0 Å². The molecule has 1 N–H and O–H groups in total. The molecule has 4 nitrogen and oxygen atoms in total. The lowest BCUT2D eigenvalue weighted by Crippen LogP contribution is -2.29. The van der Waals surface area contributed by atoms with Crippen molar-refractivity contribution in [2.45, 2.75) is 70.1 Å². The SMILES string of the molecule is CCCCCC1(c2nnc(-c3ccc(C(=O)O)cc3)s2)CCCCC1. The first-order chi connectivity index (χ1) is 12.1. The van der Waals surface area contributed by atoms with Crippen molar-refractivity contribution in [3.8, 4) is 10.6 Å². The second-order valence-corrected chi connectivity index (χ2v) is 8.07. The van der Waals surface area contributed by atoms with Crippen LogP contribution in [-0.4, -0.2) is 21.3 Å². The summed E-state index contributed by atoms with van der Waals surface area (Å²) in [7, 11) is 0. The number of rotatable bonds is 7. The maximum absolute atomic E-state index is 11.0. The van der Waals surface area contributed by atoms with Gasteiger partial charge in [0.15, 0.2) is 0 Å². The van der Waals surface area contributed by atoms with Gasteiger partial charge in [0.1, 0.15) is 10.0 Å². The summed E-state index contributed by atoms with van der Waals surface area (Å²) >= 11 is 1.69. The molecular formula is C20H26N2O2S. The lowest BCUT2D eigenvalue weighted by molar-refractivity contribution is 0.0697. The van der Waals surface area contributed by atoms with Gasteiger partial charge in [-0.05, 0) is 31.4 Å². The molecule has 1 aliphatic rings. The van der Waals surface area contributed by atoms with Crippen LogP contribution in [0.4, 0.5) is 0 Å². The Balaban J connectivity index is 1.83. The number of carbonyl (C=O) groups is 1. The Morgan fingerprint density at radius 1 is 1.12 bits per heavy atom. The third-order valence-corrected chi connectivity index (χ3v) is 6.55. The van der Waals surface area contributed by atoms with Gasteiger partial charge in [0, 0.05) is 11.0 Å². The van der Waals surface area contributed by atoms with Crippen LogP contribution in [0.15, 0.2) is 24.3 Å². The summed E-state index contributed by atoms with van der Waals surface area (Å²) in [5.41, 5.74) is 1.47. The topological polar surface area (TPSA) is 63.1 Å². The lowest BCUT2D eigenvalue weighted by atomic mass is 9.71. The van der Waals surface area contributed by atoms with Gasteiger partial charge in [0.25, 0.3) is 0 Å². The van der Waals surface area contributed by atoms with E-state index in [4.69, 9.17) is 5.11 Å². The average molecular weight is 359 g/mol. The van der Waals surface area contributed by atoms with E-state index in [1.54, 1.807) is 23.5 Å². The average Bonchev–Trinajstić information content (AvgIpc) is 3.14. The summed E-state index contributed by atoms with van der Waals surface area (Å²) in [5.74, 6) is -0.901. The van der Waals surface area contributed by atoms with Gasteiger partial charge < -0.3 is 5.11 Å². The number of carboxylic acid groups (broad SMARTS) is 1. The van der Waals surface area contributed by atoms with Crippen LogP contribution in [-0.2, 0) is 5.41 Å². The van der Waals surface area contributed by atoms with Gasteiger partial charge in [-0.2, -0.15) is 0 Å². The van der Waals surface area contributed by atoms with Crippen molar-refractivity contribution in [2.24, 2.45) is 0 Å². The summed E-state index contributed by atoms with van der Waals surface area (Å²) in [4.78, 5) is 11.0. The van der Waals surface area contributed by atoms with Crippen molar-refractivity contribution in [1.29, 1.82) is 0 Å². The van der Waals surface area contributed by atoms with E-state index in [1.165, 1.54) is 62.8 Å². The number of hydrogen-bond acceptors (Lipinski definition) is 4. The molecule has 0 radical (unpaired) electrons. The first-order valence-corrected chi connectivity index (χ1v) is 10.1. The minimum absolute atomic E-state index is 0.213. The number of nitrogens with zero attached hydrogens (tertiary/aromatic N) is 2.